The SMILES string of the molecule is O=C(Nc1nnc(Cc2cccs2)o1)c1ccc(Oc2ccccc2)cc1. The van der Waals surface area contributed by atoms with Gasteiger partial charge >= 0.3 is 6.01 Å². The molecule has 27 heavy (non-hydrogen) atoms. The van der Waals surface area contributed by atoms with Crippen LogP contribution in [0.15, 0.2) is 76.5 Å². The second-order valence-electron chi connectivity index (χ2n) is 5.65. The van der Waals surface area contributed by atoms with Crippen LogP contribution in [0.5, 0.6) is 11.5 Å². The summed E-state index contributed by atoms with van der Waals surface area (Å²) < 4.78 is 11.2. The van der Waals surface area contributed by atoms with E-state index in [0.717, 1.165) is 10.6 Å². The Kier molecular flexibility index (Phi) is 4.93. The molecule has 2 aromatic carbocycles. The predicted molar refractivity (Wildman–Crippen MR) is 102 cm³/mol. The van der Waals surface area contributed by atoms with Crippen molar-refractivity contribution in [3.63, 3.8) is 0 Å². The van der Waals surface area contributed by atoms with Crippen molar-refractivity contribution in [2.75, 3.05) is 5.32 Å². The Bertz CT molecular complexity index is 1010. The lowest BCUT2D eigenvalue weighted by Gasteiger charge is -2.06. The van der Waals surface area contributed by atoms with Gasteiger partial charge in [0.15, 0.2) is 0 Å². The Hall–Kier alpha value is -3.45. The molecule has 7 heteroatoms. The smallest absolute Gasteiger partial charge is 0.322 e. The number of hydrogen-bond acceptors (Lipinski definition) is 6. The highest BCUT2D eigenvalue weighted by Gasteiger charge is 2.12. The van der Waals surface area contributed by atoms with E-state index in [1.165, 1.54) is 0 Å². The van der Waals surface area contributed by atoms with Gasteiger partial charge in [-0.05, 0) is 47.8 Å². The zero-order valence-electron chi connectivity index (χ0n) is 14.2. The average molecular weight is 377 g/mol. The minimum Gasteiger partial charge on any atom is -0.457 e. The van der Waals surface area contributed by atoms with Crippen LogP contribution in [0.1, 0.15) is 21.1 Å². The maximum Gasteiger partial charge on any atom is 0.322 e. The molecular weight excluding hydrogens is 362 g/mol. The van der Waals surface area contributed by atoms with E-state index < -0.39 is 0 Å². The molecule has 4 aromatic rings. The molecule has 134 valence electrons. The summed E-state index contributed by atoms with van der Waals surface area (Å²) in [5.74, 6) is 1.51. The van der Waals surface area contributed by atoms with Crippen LogP contribution in [0.2, 0.25) is 0 Å². The fourth-order valence-corrected chi connectivity index (χ4v) is 3.10. The number of carbonyl (C=O) groups excluding carboxylic acids is 1. The number of hydrogen-bond donors (Lipinski definition) is 1. The molecule has 0 atom stereocenters. The standard InChI is InChI=1S/C20H15N3O3S/c24-19(21-20-23-22-18(26-20)13-17-7-4-12-27-17)14-8-10-16(11-9-14)25-15-5-2-1-3-6-15/h1-12H,13H2,(H,21,23,24). The molecule has 4 rings (SSSR count). The molecule has 1 N–H and O–H groups in total. The lowest BCUT2D eigenvalue weighted by molar-refractivity contribution is 0.102. The van der Waals surface area contributed by atoms with E-state index >= 15 is 0 Å². The molecule has 0 saturated carbocycles. The van der Waals surface area contributed by atoms with Gasteiger partial charge in [-0.2, -0.15) is 0 Å². The van der Waals surface area contributed by atoms with Gasteiger partial charge < -0.3 is 9.15 Å². The molecule has 0 fully saturated rings. The number of ether oxygens (including phenoxy) is 1. The van der Waals surface area contributed by atoms with Gasteiger partial charge in [-0.1, -0.05) is 29.4 Å². The number of nitrogens with one attached hydrogen (secondary N) is 1. The number of amides is 1. The summed E-state index contributed by atoms with van der Waals surface area (Å²) in [5.41, 5.74) is 0.466. The Morgan fingerprint density at radius 3 is 2.48 bits per heavy atom. The highest BCUT2D eigenvalue weighted by Crippen LogP contribution is 2.21. The second kappa shape index (κ2) is 7.84. The molecule has 2 aromatic heterocycles. The number of para-hydroxylation sites is 1. The Morgan fingerprint density at radius 2 is 1.74 bits per heavy atom. The number of nitrogens with zero attached hydrogens (tertiary/aromatic N) is 2. The van der Waals surface area contributed by atoms with Crippen LogP contribution >= 0.6 is 11.3 Å². The summed E-state index contributed by atoms with van der Waals surface area (Å²) in [7, 11) is 0. The van der Waals surface area contributed by atoms with Gasteiger partial charge in [0.1, 0.15) is 11.5 Å². The third kappa shape index (κ3) is 4.39. The fourth-order valence-electron chi connectivity index (χ4n) is 2.41. The van der Waals surface area contributed by atoms with Crippen LogP contribution in [-0.4, -0.2) is 16.1 Å². The highest BCUT2D eigenvalue weighted by molar-refractivity contribution is 7.09. The van der Waals surface area contributed by atoms with Crippen molar-refractivity contribution in [1.29, 1.82) is 0 Å². The molecule has 6 nitrogen and oxygen atoms in total. The topological polar surface area (TPSA) is 77.3 Å². The van der Waals surface area contributed by atoms with Crippen molar-refractivity contribution < 1.29 is 13.9 Å². The van der Waals surface area contributed by atoms with Crippen molar-refractivity contribution >= 4 is 23.3 Å². The van der Waals surface area contributed by atoms with Crippen molar-refractivity contribution in [2.45, 2.75) is 6.42 Å². The molecule has 0 aliphatic rings. The van der Waals surface area contributed by atoms with E-state index in [1.54, 1.807) is 35.6 Å². The molecule has 0 aliphatic carbocycles. The lowest BCUT2D eigenvalue weighted by atomic mass is 10.2. The normalized spacial score (nSPS) is 10.5. The minimum absolute atomic E-state index is 0.0798. The first-order valence-corrected chi connectivity index (χ1v) is 9.13. The predicted octanol–water partition coefficient (Wildman–Crippen LogP) is 4.77. The summed E-state index contributed by atoms with van der Waals surface area (Å²) in [5, 5.41) is 12.4. The van der Waals surface area contributed by atoms with E-state index in [-0.39, 0.29) is 11.9 Å². The molecule has 1 amide bonds. The summed E-state index contributed by atoms with van der Waals surface area (Å²) in [6.07, 6.45) is 0.548. The Labute approximate surface area is 159 Å². The average Bonchev–Trinajstić information content (AvgIpc) is 3.36. The minimum atomic E-state index is -0.326. The Balaban J connectivity index is 1.37. The van der Waals surface area contributed by atoms with Crippen molar-refractivity contribution in [2.24, 2.45) is 0 Å². The van der Waals surface area contributed by atoms with E-state index in [9.17, 15) is 4.79 Å². The lowest BCUT2D eigenvalue weighted by Crippen LogP contribution is -2.11. The zero-order valence-corrected chi connectivity index (χ0v) is 15.0. The maximum atomic E-state index is 12.3. The number of aromatic nitrogens is 2. The molecule has 0 spiro atoms. The van der Waals surface area contributed by atoms with Gasteiger partial charge in [0.05, 0.1) is 6.42 Å². The molecule has 0 bridgehead atoms. The first-order chi connectivity index (χ1) is 13.3. The summed E-state index contributed by atoms with van der Waals surface area (Å²) in [4.78, 5) is 13.4. The summed E-state index contributed by atoms with van der Waals surface area (Å²) >= 11 is 1.61. The number of thiophene rings is 1. The first-order valence-electron chi connectivity index (χ1n) is 8.25. The van der Waals surface area contributed by atoms with Crippen LogP contribution in [0.3, 0.4) is 0 Å². The number of rotatable bonds is 6. The molecule has 0 saturated heterocycles. The fraction of sp³-hybridized carbons (Fsp3) is 0.0500. The third-order valence-corrected chi connectivity index (χ3v) is 4.56. The molecule has 2 heterocycles. The molecule has 0 unspecified atom stereocenters. The third-order valence-electron chi connectivity index (χ3n) is 3.69. The maximum absolute atomic E-state index is 12.3. The van der Waals surface area contributed by atoms with Crippen LogP contribution in [0, 0.1) is 0 Å². The van der Waals surface area contributed by atoms with E-state index in [1.807, 2.05) is 47.8 Å². The number of carbonyl (C=O) groups is 1. The monoisotopic (exact) mass is 377 g/mol. The number of benzene rings is 2. The Morgan fingerprint density at radius 1 is 0.963 bits per heavy atom. The van der Waals surface area contributed by atoms with Crippen molar-refractivity contribution in [3.8, 4) is 11.5 Å². The van der Waals surface area contributed by atoms with Crippen LogP contribution in [0.25, 0.3) is 0 Å². The quantitative estimate of drug-likeness (QED) is 0.524. The van der Waals surface area contributed by atoms with Crippen molar-refractivity contribution in [1.82, 2.24) is 10.2 Å². The molecule has 0 radical (unpaired) electrons. The van der Waals surface area contributed by atoms with Crippen LogP contribution < -0.4 is 10.1 Å². The van der Waals surface area contributed by atoms with E-state index in [2.05, 4.69) is 15.5 Å². The van der Waals surface area contributed by atoms with E-state index in [0.29, 0.717) is 23.6 Å². The highest BCUT2D eigenvalue weighted by atomic mass is 32.1. The summed E-state index contributed by atoms with van der Waals surface area (Å²) in [6.45, 7) is 0. The van der Waals surface area contributed by atoms with E-state index in [4.69, 9.17) is 9.15 Å². The van der Waals surface area contributed by atoms with Crippen LogP contribution in [-0.2, 0) is 6.42 Å². The van der Waals surface area contributed by atoms with Gasteiger partial charge in [-0.15, -0.1) is 16.4 Å². The first kappa shape index (κ1) is 17.0. The van der Waals surface area contributed by atoms with Crippen LogP contribution in [0.4, 0.5) is 6.01 Å². The second-order valence-corrected chi connectivity index (χ2v) is 6.68. The number of anilines is 1. The molecular formula is C20H15N3O3S. The van der Waals surface area contributed by atoms with Crippen molar-refractivity contribution in [3.05, 3.63) is 88.4 Å². The molecule has 0 aliphatic heterocycles. The van der Waals surface area contributed by atoms with Gasteiger partial charge in [-0.25, -0.2) is 0 Å². The zero-order chi connectivity index (χ0) is 18.5. The largest absolute Gasteiger partial charge is 0.457 e. The van der Waals surface area contributed by atoms with Gasteiger partial charge in [0.25, 0.3) is 5.91 Å². The van der Waals surface area contributed by atoms with Gasteiger partial charge in [0.2, 0.25) is 5.89 Å². The van der Waals surface area contributed by atoms with Gasteiger partial charge in [0, 0.05) is 10.4 Å². The summed E-state index contributed by atoms with van der Waals surface area (Å²) in [6, 6.07) is 20.3. The van der Waals surface area contributed by atoms with Gasteiger partial charge in [-0.3, -0.25) is 10.1 Å².